The van der Waals surface area contributed by atoms with E-state index >= 15 is 0 Å². The average molecular weight is 284 g/mol. The molecule has 0 aromatic carbocycles. The second-order valence-corrected chi connectivity index (χ2v) is 5.91. The number of nitrogens with zero attached hydrogens (tertiary/aromatic N) is 1. The molecule has 0 radical (unpaired) electrons. The van der Waals surface area contributed by atoms with E-state index in [0.717, 1.165) is 25.7 Å². The number of hydrogen-bond donors (Lipinski definition) is 2. The van der Waals surface area contributed by atoms with Crippen molar-refractivity contribution in [2.24, 2.45) is 5.41 Å². The molecular weight excluding hydrogens is 264 g/mol. The minimum atomic E-state index is -0.806. The number of carboxylic acids is 1. The summed E-state index contributed by atoms with van der Waals surface area (Å²) in [5.74, 6) is -0.509. The number of nitriles is 1. The first-order valence-corrected chi connectivity index (χ1v) is 7.71. The second kappa shape index (κ2) is 8.05. The molecular formula is C13H20N2O3S. The van der Waals surface area contributed by atoms with E-state index < -0.39 is 11.4 Å². The van der Waals surface area contributed by atoms with Crippen molar-refractivity contribution in [3.05, 3.63) is 0 Å². The fraction of sp³-hybridized carbons (Fsp3) is 0.769. The molecule has 0 aromatic heterocycles. The summed E-state index contributed by atoms with van der Waals surface area (Å²) in [6.45, 7) is 0.203. The maximum Gasteiger partial charge on any atom is 0.311 e. The van der Waals surface area contributed by atoms with Crippen LogP contribution in [-0.4, -0.2) is 35.0 Å². The Bertz CT molecular complexity index is 357. The summed E-state index contributed by atoms with van der Waals surface area (Å²) < 4.78 is 0. The summed E-state index contributed by atoms with van der Waals surface area (Å²) >= 11 is 1.24. The van der Waals surface area contributed by atoms with Gasteiger partial charge >= 0.3 is 5.97 Å². The number of carbonyl (C=O) groups excluding carboxylic acids is 1. The summed E-state index contributed by atoms with van der Waals surface area (Å²) in [5, 5.41) is 20.5. The fourth-order valence-electron chi connectivity index (χ4n) is 2.38. The van der Waals surface area contributed by atoms with Gasteiger partial charge in [0.05, 0.1) is 23.0 Å². The molecule has 1 amide bonds. The van der Waals surface area contributed by atoms with Crippen LogP contribution in [0.5, 0.6) is 0 Å². The van der Waals surface area contributed by atoms with Crippen molar-refractivity contribution in [1.82, 2.24) is 5.32 Å². The van der Waals surface area contributed by atoms with E-state index in [-0.39, 0.29) is 24.0 Å². The zero-order valence-electron chi connectivity index (χ0n) is 11.0. The molecule has 0 aromatic rings. The molecule has 0 aliphatic heterocycles. The molecule has 0 heterocycles. The molecule has 1 saturated carbocycles. The summed E-state index contributed by atoms with van der Waals surface area (Å²) in [6.07, 6.45) is 5.22. The Labute approximate surface area is 117 Å². The highest BCUT2D eigenvalue weighted by Crippen LogP contribution is 2.34. The maximum atomic E-state index is 11.6. The average Bonchev–Trinajstić information content (AvgIpc) is 2.63. The largest absolute Gasteiger partial charge is 0.481 e. The van der Waals surface area contributed by atoms with Gasteiger partial charge < -0.3 is 10.4 Å². The van der Waals surface area contributed by atoms with E-state index in [9.17, 15) is 14.7 Å². The predicted molar refractivity (Wildman–Crippen MR) is 73.7 cm³/mol. The number of thioether (sulfide) groups is 1. The summed E-state index contributed by atoms with van der Waals surface area (Å²) in [4.78, 5) is 23.1. The van der Waals surface area contributed by atoms with Crippen molar-refractivity contribution in [3.63, 3.8) is 0 Å². The number of aliphatic carboxylic acids is 1. The van der Waals surface area contributed by atoms with Gasteiger partial charge in [-0.2, -0.15) is 5.26 Å². The van der Waals surface area contributed by atoms with Crippen LogP contribution in [0.4, 0.5) is 0 Å². The van der Waals surface area contributed by atoms with Crippen LogP contribution < -0.4 is 5.32 Å². The topological polar surface area (TPSA) is 90.2 Å². The van der Waals surface area contributed by atoms with Crippen LogP contribution in [0.15, 0.2) is 0 Å². The monoisotopic (exact) mass is 284 g/mol. The second-order valence-electron chi connectivity index (χ2n) is 4.93. The predicted octanol–water partition coefficient (Wildman–Crippen LogP) is 1.78. The molecule has 0 unspecified atom stereocenters. The zero-order chi connectivity index (χ0) is 14.1. The van der Waals surface area contributed by atoms with Crippen LogP contribution in [0, 0.1) is 16.7 Å². The van der Waals surface area contributed by atoms with Gasteiger partial charge in [0.1, 0.15) is 0 Å². The van der Waals surface area contributed by atoms with Crippen molar-refractivity contribution in [2.45, 2.75) is 38.5 Å². The fourth-order valence-corrected chi connectivity index (χ4v) is 2.86. The molecule has 1 fully saturated rings. The quantitative estimate of drug-likeness (QED) is 0.573. The van der Waals surface area contributed by atoms with E-state index in [1.54, 1.807) is 0 Å². The van der Waals surface area contributed by atoms with Gasteiger partial charge in [-0.1, -0.05) is 25.7 Å². The van der Waals surface area contributed by atoms with Gasteiger partial charge in [-0.25, -0.2) is 0 Å². The minimum Gasteiger partial charge on any atom is -0.481 e. The minimum absolute atomic E-state index is 0.190. The Morgan fingerprint density at radius 2 is 1.89 bits per heavy atom. The highest BCUT2D eigenvalue weighted by molar-refractivity contribution is 8.00. The number of carboxylic acid groups (broad SMARTS) is 1. The lowest BCUT2D eigenvalue weighted by Gasteiger charge is -2.28. The normalized spacial score (nSPS) is 18.1. The first kappa shape index (κ1) is 15.8. The molecule has 0 bridgehead atoms. The van der Waals surface area contributed by atoms with Gasteiger partial charge in [0, 0.05) is 6.54 Å². The summed E-state index contributed by atoms with van der Waals surface area (Å²) in [6, 6.07) is 1.95. The third kappa shape index (κ3) is 5.11. The molecule has 0 atom stereocenters. The molecule has 1 aliphatic rings. The Morgan fingerprint density at radius 1 is 1.26 bits per heavy atom. The summed E-state index contributed by atoms with van der Waals surface area (Å²) in [5.41, 5.74) is -0.800. The molecule has 19 heavy (non-hydrogen) atoms. The van der Waals surface area contributed by atoms with Crippen LogP contribution in [0.1, 0.15) is 38.5 Å². The maximum absolute atomic E-state index is 11.6. The van der Waals surface area contributed by atoms with Gasteiger partial charge in [-0.05, 0) is 12.8 Å². The van der Waals surface area contributed by atoms with Crippen LogP contribution in [0.2, 0.25) is 0 Å². The first-order valence-electron chi connectivity index (χ1n) is 6.55. The van der Waals surface area contributed by atoms with E-state index in [2.05, 4.69) is 5.32 Å². The molecule has 0 spiro atoms. The van der Waals surface area contributed by atoms with Gasteiger partial charge in [0.15, 0.2) is 0 Å². The van der Waals surface area contributed by atoms with E-state index in [1.165, 1.54) is 11.8 Å². The molecule has 5 nitrogen and oxygen atoms in total. The van der Waals surface area contributed by atoms with Crippen molar-refractivity contribution < 1.29 is 14.7 Å². The van der Waals surface area contributed by atoms with Gasteiger partial charge in [-0.15, -0.1) is 11.8 Å². The van der Waals surface area contributed by atoms with Gasteiger partial charge in [-0.3, -0.25) is 9.59 Å². The molecule has 0 saturated heterocycles. The lowest BCUT2D eigenvalue weighted by atomic mass is 9.80. The van der Waals surface area contributed by atoms with Crippen LogP contribution in [0.3, 0.4) is 0 Å². The van der Waals surface area contributed by atoms with Gasteiger partial charge in [0.25, 0.3) is 0 Å². The number of nitrogens with one attached hydrogen (secondary N) is 1. The van der Waals surface area contributed by atoms with Crippen molar-refractivity contribution in [1.29, 1.82) is 5.26 Å². The lowest BCUT2D eigenvalue weighted by Crippen LogP contribution is -2.43. The standard InChI is InChI=1S/C13H20N2O3S/c14-7-8-19-9-11(16)15-10-13(12(17)18)5-3-1-2-4-6-13/h1-6,8-10H2,(H,15,16)(H,17,18). The molecule has 1 rings (SSSR count). The van der Waals surface area contributed by atoms with E-state index in [4.69, 9.17) is 5.26 Å². The van der Waals surface area contributed by atoms with Crippen molar-refractivity contribution in [3.8, 4) is 6.07 Å². The van der Waals surface area contributed by atoms with Crippen LogP contribution in [-0.2, 0) is 9.59 Å². The Morgan fingerprint density at radius 3 is 2.42 bits per heavy atom. The van der Waals surface area contributed by atoms with E-state index in [1.807, 2.05) is 6.07 Å². The molecule has 1 aliphatic carbocycles. The van der Waals surface area contributed by atoms with E-state index in [0.29, 0.717) is 12.8 Å². The lowest BCUT2D eigenvalue weighted by molar-refractivity contribution is -0.149. The van der Waals surface area contributed by atoms with Crippen LogP contribution in [0.25, 0.3) is 0 Å². The Hall–Kier alpha value is -1.22. The van der Waals surface area contributed by atoms with Crippen LogP contribution >= 0.6 is 11.8 Å². The Balaban J connectivity index is 2.47. The van der Waals surface area contributed by atoms with Crippen molar-refractivity contribution >= 4 is 23.6 Å². The number of hydrogen-bond acceptors (Lipinski definition) is 4. The number of amides is 1. The third-order valence-corrected chi connectivity index (χ3v) is 4.34. The first-order chi connectivity index (χ1) is 9.10. The SMILES string of the molecule is N#CCSCC(=O)NCC1(C(=O)O)CCCCCC1. The highest BCUT2D eigenvalue weighted by Gasteiger charge is 2.38. The molecule has 106 valence electrons. The smallest absolute Gasteiger partial charge is 0.311 e. The molecule has 6 heteroatoms. The third-order valence-electron chi connectivity index (χ3n) is 3.54. The highest BCUT2D eigenvalue weighted by atomic mass is 32.2. The summed E-state index contributed by atoms with van der Waals surface area (Å²) in [7, 11) is 0. The van der Waals surface area contributed by atoms with Gasteiger partial charge in [0.2, 0.25) is 5.91 Å². The Kier molecular flexibility index (Phi) is 6.71. The molecule has 2 N–H and O–H groups in total. The number of carbonyl (C=O) groups is 2. The number of rotatable bonds is 6. The van der Waals surface area contributed by atoms with Crippen molar-refractivity contribution in [2.75, 3.05) is 18.1 Å². The zero-order valence-corrected chi connectivity index (χ0v) is 11.8.